The van der Waals surface area contributed by atoms with Gasteiger partial charge in [0, 0.05) is 18.5 Å². The lowest BCUT2D eigenvalue weighted by Gasteiger charge is -2.20. The van der Waals surface area contributed by atoms with Crippen LogP contribution in [0, 0.1) is 6.92 Å². The Morgan fingerprint density at radius 2 is 1.71 bits per heavy atom. The zero-order chi connectivity index (χ0) is 16.1. The molecule has 118 valence electrons. The summed E-state index contributed by atoms with van der Waals surface area (Å²) in [6, 6.07) is 6.66. The molecular formula is C15H24N2O3S. The van der Waals surface area contributed by atoms with Gasteiger partial charge >= 0.3 is 0 Å². The van der Waals surface area contributed by atoms with Crippen molar-refractivity contribution in [2.24, 2.45) is 0 Å². The van der Waals surface area contributed by atoms with E-state index in [9.17, 15) is 13.2 Å². The molecule has 0 aliphatic carbocycles. The Labute approximate surface area is 127 Å². The van der Waals surface area contributed by atoms with Crippen molar-refractivity contribution in [2.75, 3.05) is 6.54 Å². The molecule has 0 fully saturated rings. The summed E-state index contributed by atoms with van der Waals surface area (Å²) in [5.74, 6) is -0.0722. The largest absolute Gasteiger partial charge is 0.352 e. The summed E-state index contributed by atoms with van der Waals surface area (Å²) in [6.07, 6.45) is 0.765. The quantitative estimate of drug-likeness (QED) is 0.789. The molecule has 2 N–H and O–H groups in total. The lowest BCUT2D eigenvalue weighted by Crippen LogP contribution is -2.40. The average molecular weight is 312 g/mol. The van der Waals surface area contributed by atoms with Crippen molar-refractivity contribution in [3.8, 4) is 0 Å². The Bertz CT molecular complexity index is 572. The number of aryl methyl sites for hydroxylation is 1. The fourth-order valence-corrected chi connectivity index (χ4v) is 2.81. The molecule has 0 unspecified atom stereocenters. The summed E-state index contributed by atoms with van der Waals surface area (Å²) in [7, 11) is -3.49. The molecule has 0 atom stereocenters. The number of carbonyl (C=O) groups is 1. The monoisotopic (exact) mass is 312 g/mol. The summed E-state index contributed by atoms with van der Waals surface area (Å²) in [5.41, 5.74) is 0.742. The van der Waals surface area contributed by atoms with Gasteiger partial charge in [-0.25, -0.2) is 13.1 Å². The predicted octanol–water partition coefficient (Wildman–Crippen LogP) is 1.97. The van der Waals surface area contributed by atoms with Crippen LogP contribution in [-0.4, -0.2) is 26.4 Å². The van der Waals surface area contributed by atoms with Crippen molar-refractivity contribution in [2.45, 2.75) is 51.0 Å². The van der Waals surface area contributed by atoms with Gasteiger partial charge in [-0.3, -0.25) is 4.79 Å². The Hall–Kier alpha value is -1.40. The third-order valence-corrected chi connectivity index (χ3v) is 4.20. The van der Waals surface area contributed by atoms with Crippen LogP contribution in [0.5, 0.6) is 0 Å². The maximum Gasteiger partial charge on any atom is 0.240 e. The first kappa shape index (κ1) is 17.7. The molecule has 6 heteroatoms. The first-order valence-electron chi connectivity index (χ1n) is 6.97. The van der Waals surface area contributed by atoms with Crippen molar-refractivity contribution in [1.82, 2.24) is 10.0 Å². The van der Waals surface area contributed by atoms with Crippen molar-refractivity contribution in [3.05, 3.63) is 29.8 Å². The minimum atomic E-state index is -3.49. The second-order valence-electron chi connectivity index (χ2n) is 6.11. The van der Waals surface area contributed by atoms with Crippen LogP contribution in [0.4, 0.5) is 0 Å². The molecule has 1 aromatic carbocycles. The maximum atomic E-state index is 12.0. The van der Waals surface area contributed by atoms with Gasteiger partial charge in [0.05, 0.1) is 4.90 Å². The van der Waals surface area contributed by atoms with Gasteiger partial charge in [0.15, 0.2) is 0 Å². The Kier molecular flexibility index (Phi) is 5.92. The van der Waals surface area contributed by atoms with Gasteiger partial charge < -0.3 is 5.32 Å². The number of rotatable bonds is 6. The molecule has 1 rings (SSSR count). The van der Waals surface area contributed by atoms with E-state index < -0.39 is 10.0 Å². The molecule has 21 heavy (non-hydrogen) atoms. The second-order valence-corrected chi connectivity index (χ2v) is 7.88. The highest BCUT2D eigenvalue weighted by Gasteiger charge is 2.15. The van der Waals surface area contributed by atoms with E-state index in [0.717, 1.165) is 5.56 Å². The lowest BCUT2D eigenvalue weighted by atomic mass is 10.1. The first-order chi connectivity index (χ1) is 9.60. The Morgan fingerprint density at radius 3 is 2.24 bits per heavy atom. The van der Waals surface area contributed by atoms with Crippen LogP contribution in [0.3, 0.4) is 0 Å². The normalized spacial score (nSPS) is 12.2. The lowest BCUT2D eigenvalue weighted by molar-refractivity contribution is -0.122. The molecule has 0 aliphatic rings. The summed E-state index contributed by atoms with van der Waals surface area (Å²) in [4.78, 5) is 11.8. The van der Waals surface area contributed by atoms with E-state index in [4.69, 9.17) is 0 Å². The number of nitrogens with one attached hydrogen (secondary N) is 2. The second kappa shape index (κ2) is 7.04. The number of benzene rings is 1. The van der Waals surface area contributed by atoms with Gasteiger partial charge in [-0.1, -0.05) is 17.7 Å². The maximum absolute atomic E-state index is 12.0. The van der Waals surface area contributed by atoms with Crippen LogP contribution < -0.4 is 10.0 Å². The number of amides is 1. The molecule has 0 heterocycles. The number of hydrogen-bond acceptors (Lipinski definition) is 3. The Balaban J connectivity index is 2.41. The van der Waals surface area contributed by atoms with Gasteiger partial charge in [-0.2, -0.15) is 0 Å². The molecule has 0 aromatic heterocycles. The fourth-order valence-electron chi connectivity index (χ4n) is 1.74. The third-order valence-electron chi connectivity index (χ3n) is 2.72. The van der Waals surface area contributed by atoms with Crippen molar-refractivity contribution < 1.29 is 13.2 Å². The van der Waals surface area contributed by atoms with Crippen LogP contribution in [0.1, 0.15) is 39.2 Å². The molecule has 0 saturated heterocycles. The van der Waals surface area contributed by atoms with E-state index in [1.807, 2.05) is 27.7 Å². The molecule has 1 aromatic rings. The van der Waals surface area contributed by atoms with Crippen LogP contribution >= 0.6 is 0 Å². The van der Waals surface area contributed by atoms with Crippen LogP contribution in [-0.2, 0) is 14.8 Å². The summed E-state index contributed by atoms with van der Waals surface area (Å²) >= 11 is 0. The minimum absolute atomic E-state index is 0.0722. The van der Waals surface area contributed by atoms with Crippen LogP contribution in [0.2, 0.25) is 0 Å². The van der Waals surface area contributed by atoms with Gasteiger partial charge in [-0.15, -0.1) is 0 Å². The highest BCUT2D eigenvalue weighted by molar-refractivity contribution is 7.89. The summed E-state index contributed by atoms with van der Waals surface area (Å²) < 4.78 is 26.5. The van der Waals surface area contributed by atoms with Gasteiger partial charge in [-0.05, 0) is 46.2 Å². The molecule has 0 radical (unpaired) electrons. The summed E-state index contributed by atoms with van der Waals surface area (Å²) in [5, 5.41) is 2.84. The van der Waals surface area contributed by atoms with E-state index in [2.05, 4.69) is 10.0 Å². The number of carbonyl (C=O) groups excluding carboxylic acids is 1. The number of sulfonamides is 1. The average Bonchev–Trinajstić information content (AvgIpc) is 2.33. The number of hydrogen-bond donors (Lipinski definition) is 2. The fraction of sp³-hybridized carbons (Fsp3) is 0.533. The molecular weight excluding hydrogens is 288 g/mol. The highest BCUT2D eigenvalue weighted by Crippen LogP contribution is 2.09. The molecule has 0 aliphatic heterocycles. The summed E-state index contributed by atoms with van der Waals surface area (Å²) in [6.45, 7) is 7.87. The van der Waals surface area contributed by atoms with E-state index in [1.54, 1.807) is 24.3 Å². The van der Waals surface area contributed by atoms with Crippen LogP contribution in [0.15, 0.2) is 29.2 Å². The minimum Gasteiger partial charge on any atom is -0.352 e. The molecule has 1 amide bonds. The van der Waals surface area contributed by atoms with E-state index >= 15 is 0 Å². The predicted molar refractivity (Wildman–Crippen MR) is 83.5 cm³/mol. The topological polar surface area (TPSA) is 75.3 Å². The molecule has 5 nitrogen and oxygen atoms in total. The SMILES string of the molecule is Cc1ccc(S(=O)(=O)NCCCC(=O)NC(C)(C)C)cc1. The van der Waals surface area contributed by atoms with Gasteiger partial charge in [0.25, 0.3) is 0 Å². The van der Waals surface area contributed by atoms with Crippen molar-refractivity contribution in [1.29, 1.82) is 0 Å². The van der Waals surface area contributed by atoms with Crippen LogP contribution in [0.25, 0.3) is 0 Å². The third kappa shape index (κ3) is 6.73. The Morgan fingerprint density at radius 1 is 1.14 bits per heavy atom. The van der Waals surface area contributed by atoms with E-state index in [0.29, 0.717) is 12.8 Å². The van der Waals surface area contributed by atoms with E-state index in [1.165, 1.54) is 0 Å². The molecule has 0 bridgehead atoms. The van der Waals surface area contributed by atoms with Gasteiger partial charge in [0.2, 0.25) is 15.9 Å². The van der Waals surface area contributed by atoms with Crippen molar-refractivity contribution >= 4 is 15.9 Å². The zero-order valence-corrected chi connectivity index (χ0v) is 13.9. The smallest absolute Gasteiger partial charge is 0.240 e. The molecule has 0 spiro atoms. The van der Waals surface area contributed by atoms with Crippen molar-refractivity contribution in [3.63, 3.8) is 0 Å². The highest BCUT2D eigenvalue weighted by atomic mass is 32.2. The molecule has 0 saturated carbocycles. The van der Waals surface area contributed by atoms with Gasteiger partial charge in [0.1, 0.15) is 0 Å². The first-order valence-corrected chi connectivity index (χ1v) is 8.46. The standard InChI is InChI=1S/C15H24N2O3S/c1-12-7-9-13(10-8-12)21(19,20)16-11-5-6-14(18)17-15(2,3)4/h7-10,16H,5-6,11H2,1-4H3,(H,17,18). The van der Waals surface area contributed by atoms with E-state index in [-0.39, 0.29) is 22.9 Å². The zero-order valence-electron chi connectivity index (χ0n) is 13.1.